The molecule has 0 unspecified atom stereocenters. The van der Waals surface area contributed by atoms with Gasteiger partial charge in [-0.15, -0.1) is 0 Å². The largest absolute Gasteiger partial charge is 0.379 e. The Kier molecular flexibility index (Phi) is 17.3. The molecule has 8 heteroatoms. The van der Waals surface area contributed by atoms with E-state index in [4.69, 9.17) is 18.9 Å². The lowest BCUT2D eigenvalue weighted by Crippen LogP contribution is -2.50. The van der Waals surface area contributed by atoms with Crippen LogP contribution in [0.4, 0.5) is 0 Å². The Morgan fingerprint density at radius 1 is 0.704 bits per heavy atom. The summed E-state index contributed by atoms with van der Waals surface area (Å²) in [7, 11) is 0. The van der Waals surface area contributed by atoms with Gasteiger partial charge in [0.1, 0.15) is 0 Å². The molecule has 8 nitrogen and oxygen atoms in total. The van der Waals surface area contributed by atoms with Gasteiger partial charge in [-0.2, -0.15) is 0 Å². The minimum atomic E-state index is 0.0649. The fourth-order valence-corrected chi connectivity index (χ4v) is 2.39. The number of carbonyl (C=O) groups excluding carboxylic acids is 2. The highest BCUT2D eigenvalue weighted by Gasteiger charge is 2.21. The van der Waals surface area contributed by atoms with Gasteiger partial charge in [-0.25, -0.2) is 0 Å². The summed E-state index contributed by atoms with van der Waals surface area (Å²) >= 11 is 0. The van der Waals surface area contributed by atoms with E-state index < -0.39 is 0 Å². The highest BCUT2D eigenvalue weighted by molar-refractivity contribution is 5.77. The van der Waals surface area contributed by atoms with Crippen LogP contribution < -0.4 is 0 Å². The summed E-state index contributed by atoms with van der Waals surface area (Å²) in [6.07, 6.45) is 0.362. The van der Waals surface area contributed by atoms with E-state index in [0.29, 0.717) is 85.5 Å². The van der Waals surface area contributed by atoms with E-state index in [2.05, 4.69) is 0 Å². The van der Waals surface area contributed by atoms with Crippen LogP contribution in [-0.2, 0) is 28.5 Å². The first-order valence-electron chi connectivity index (χ1n) is 9.99. The molecule has 0 saturated carbocycles. The molecule has 0 aromatic rings. The lowest BCUT2D eigenvalue weighted by molar-refractivity contribution is -0.139. The highest BCUT2D eigenvalue weighted by atomic mass is 16.6. The van der Waals surface area contributed by atoms with E-state index in [0.717, 1.165) is 0 Å². The lowest BCUT2D eigenvalue weighted by Gasteiger charge is -2.34. The second-order valence-electron chi connectivity index (χ2n) is 5.67. The SMILES string of the molecule is CC.CCOCCOCCOCCOCCC(=O)N1CCN(C(C)=O)CC1. The molecule has 0 N–H and O–H groups in total. The molecule has 0 atom stereocenters. The summed E-state index contributed by atoms with van der Waals surface area (Å²) in [5, 5.41) is 0. The first-order chi connectivity index (χ1) is 13.1. The van der Waals surface area contributed by atoms with Gasteiger partial charge in [0.25, 0.3) is 0 Å². The van der Waals surface area contributed by atoms with Crippen LogP contribution in [0.3, 0.4) is 0 Å². The molecule has 1 aliphatic rings. The Hall–Kier alpha value is -1.22. The summed E-state index contributed by atoms with van der Waals surface area (Å²) in [5.74, 6) is 0.141. The molecular formula is C19H38N2O6. The van der Waals surface area contributed by atoms with Crippen molar-refractivity contribution in [3.63, 3.8) is 0 Å². The van der Waals surface area contributed by atoms with Crippen LogP contribution in [0.2, 0.25) is 0 Å². The average Bonchev–Trinajstić information content (AvgIpc) is 2.70. The number of nitrogens with zero attached hydrogens (tertiary/aromatic N) is 2. The molecule has 0 aromatic heterocycles. The molecule has 1 heterocycles. The van der Waals surface area contributed by atoms with Crippen molar-refractivity contribution in [1.29, 1.82) is 0 Å². The molecule has 0 radical (unpaired) electrons. The maximum atomic E-state index is 12.0. The second-order valence-corrected chi connectivity index (χ2v) is 5.67. The van der Waals surface area contributed by atoms with E-state index in [1.54, 1.807) is 16.7 Å². The normalized spacial score (nSPS) is 13.9. The average molecular weight is 391 g/mol. The summed E-state index contributed by atoms with van der Waals surface area (Å²) in [6.45, 7) is 14.2. The number of ether oxygens (including phenoxy) is 4. The Bertz CT molecular complexity index is 373. The fraction of sp³-hybridized carbons (Fsp3) is 0.895. The van der Waals surface area contributed by atoms with Crippen molar-refractivity contribution in [2.24, 2.45) is 0 Å². The number of hydrogen-bond donors (Lipinski definition) is 0. The summed E-state index contributed by atoms with van der Waals surface area (Å²) in [6, 6.07) is 0. The van der Waals surface area contributed by atoms with Crippen LogP contribution in [0.25, 0.3) is 0 Å². The van der Waals surface area contributed by atoms with E-state index in [9.17, 15) is 9.59 Å². The Labute approximate surface area is 164 Å². The summed E-state index contributed by atoms with van der Waals surface area (Å²) in [4.78, 5) is 26.8. The first kappa shape index (κ1) is 25.8. The third-order valence-electron chi connectivity index (χ3n) is 3.86. The van der Waals surface area contributed by atoms with Crippen LogP contribution in [-0.4, -0.2) is 101 Å². The molecule has 0 aromatic carbocycles. The minimum Gasteiger partial charge on any atom is -0.379 e. The maximum absolute atomic E-state index is 12.0. The molecule has 1 aliphatic heterocycles. The quantitative estimate of drug-likeness (QED) is 0.440. The van der Waals surface area contributed by atoms with Crippen molar-refractivity contribution >= 4 is 11.8 Å². The number of piperazine rings is 1. The fourth-order valence-electron chi connectivity index (χ4n) is 2.39. The molecule has 1 rings (SSSR count). The Morgan fingerprint density at radius 2 is 1.11 bits per heavy atom. The third kappa shape index (κ3) is 13.6. The summed E-state index contributed by atoms with van der Waals surface area (Å²) in [5.41, 5.74) is 0. The molecule has 0 spiro atoms. The number of amides is 2. The molecule has 2 amide bonds. The monoisotopic (exact) mass is 390 g/mol. The number of carbonyl (C=O) groups is 2. The standard InChI is InChI=1S/C17H32N2O6.C2H6/c1-3-22-10-11-24-14-15-25-13-12-23-9-4-17(21)19-7-5-18(6-8-19)16(2)20;1-2/h3-15H2,1-2H3;1-2H3. The zero-order valence-corrected chi connectivity index (χ0v) is 17.5. The maximum Gasteiger partial charge on any atom is 0.225 e. The van der Waals surface area contributed by atoms with E-state index in [1.807, 2.05) is 20.8 Å². The van der Waals surface area contributed by atoms with Gasteiger partial charge in [0.2, 0.25) is 11.8 Å². The van der Waals surface area contributed by atoms with Crippen LogP contribution in [0, 0.1) is 0 Å². The summed E-state index contributed by atoms with van der Waals surface area (Å²) < 4.78 is 21.3. The van der Waals surface area contributed by atoms with Gasteiger partial charge >= 0.3 is 0 Å². The topological polar surface area (TPSA) is 77.5 Å². The Balaban J connectivity index is 0.00000326. The van der Waals surface area contributed by atoms with Gasteiger partial charge in [-0.1, -0.05) is 13.8 Å². The molecular weight excluding hydrogens is 352 g/mol. The smallest absolute Gasteiger partial charge is 0.225 e. The van der Waals surface area contributed by atoms with Gasteiger partial charge in [0.15, 0.2) is 0 Å². The van der Waals surface area contributed by atoms with Crippen molar-refractivity contribution in [2.45, 2.75) is 34.1 Å². The molecule has 1 fully saturated rings. The van der Waals surface area contributed by atoms with Crippen LogP contribution >= 0.6 is 0 Å². The van der Waals surface area contributed by atoms with E-state index >= 15 is 0 Å². The Morgan fingerprint density at radius 3 is 1.56 bits per heavy atom. The molecule has 0 bridgehead atoms. The van der Waals surface area contributed by atoms with Crippen molar-refractivity contribution in [3.05, 3.63) is 0 Å². The minimum absolute atomic E-state index is 0.0649. The third-order valence-corrected chi connectivity index (χ3v) is 3.86. The van der Waals surface area contributed by atoms with Gasteiger partial charge in [-0.3, -0.25) is 9.59 Å². The van der Waals surface area contributed by atoms with Crippen LogP contribution in [0.15, 0.2) is 0 Å². The van der Waals surface area contributed by atoms with Crippen LogP contribution in [0.1, 0.15) is 34.1 Å². The molecule has 160 valence electrons. The van der Waals surface area contributed by atoms with Crippen LogP contribution in [0.5, 0.6) is 0 Å². The zero-order valence-electron chi connectivity index (χ0n) is 17.5. The predicted octanol–water partition coefficient (Wildman–Crippen LogP) is 1.18. The van der Waals surface area contributed by atoms with E-state index in [-0.39, 0.29) is 11.8 Å². The molecule has 27 heavy (non-hydrogen) atoms. The molecule has 0 aliphatic carbocycles. The van der Waals surface area contributed by atoms with Gasteiger partial charge in [0, 0.05) is 39.7 Å². The van der Waals surface area contributed by atoms with Crippen molar-refractivity contribution in [3.8, 4) is 0 Å². The number of rotatable bonds is 13. The van der Waals surface area contributed by atoms with Crippen molar-refractivity contribution in [1.82, 2.24) is 9.80 Å². The highest BCUT2D eigenvalue weighted by Crippen LogP contribution is 2.04. The lowest BCUT2D eigenvalue weighted by atomic mass is 10.3. The zero-order chi connectivity index (χ0) is 20.3. The van der Waals surface area contributed by atoms with Crippen molar-refractivity contribution < 1.29 is 28.5 Å². The van der Waals surface area contributed by atoms with Crippen molar-refractivity contribution in [2.75, 3.05) is 79.0 Å². The van der Waals surface area contributed by atoms with Gasteiger partial charge in [0.05, 0.1) is 52.7 Å². The predicted molar refractivity (Wildman–Crippen MR) is 104 cm³/mol. The van der Waals surface area contributed by atoms with E-state index in [1.165, 1.54) is 0 Å². The van der Waals surface area contributed by atoms with Gasteiger partial charge < -0.3 is 28.7 Å². The van der Waals surface area contributed by atoms with Gasteiger partial charge in [-0.05, 0) is 6.92 Å². The first-order valence-corrected chi connectivity index (χ1v) is 9.99. The number of hydrogen-bond acceptors (Lipinski definition) is 6. The second kappa shape index (κ2) is 18.2. The molecule has 1 saturated heterocycles.